The van der Waals surface area contributed by atoms with Crippen LogP contribution in [0.15, 0.2) is 24.3 Å². The Morgan fingerprint density at radius 3 is 2.65 bits per heavy atom. The lowest BCUT2D eigenvalue weighted by molar-refractivity contribution is -0.274. The molecule has 1 amide bonds. The maximum atomic E-state index is 12.1. The van der Waals surface area contributed by atoms with E-state index in [1.807, 2.05) is 0 Å². The summed E-state index contributed by atoms with van der Waals surface area (Å²) in [5.74, 6) is 0.303. The minimum atomic E-state index is -4.71. The smallest absolute Gasteiger partial charge is 0.406 e. The molecule has 1 aromatic carbocycles. The van der Waals surface area contributed by atoms with Gasteiger partial charge in [0, 0.05) is 12.1 Å². The number of amides is 1. The molecule has 0 bridgehead atoms. The maximum absolute atomic E-state index is 12.1. The molecule has 0 radical (unpaired) electrons. The van der Waals surface area contributed by atoms with E-state index in [2.05, 4.69) is 22.3 Å². The number of anilines is 1. The third kappa shape index (κ3) is 6.09. The summed E-state index contributed by atoms with van der Waals surface area (Å²) in [4.78, 5) is 12.0. The highest BCUT2D eigenvalue weighted by atomic mass is 19.4. The van der Waals surface area contributed by atoms with Gasteiger partial charge in [0.25, 0.3) is 0 Å². The number of hydrogen-bond acceptors (Lipinski definition) is 3. The van der Waals surface area contributed by atoms with Crippen molar-refractivity contribution in [1.82, 2.24) is 5.32 Å². The second-order valence-electron chi connectivity index (χ2n) is 5.91. The van der Waals surface area contributed by atoms with E-state index < -0.39 is 6.36 Å². The standard InChI is InChI=1S/C16H21F3N2O2/c1-11(12-3-2-8-20-10-12)9-15(22)21-13-4-6-14(7-5-13)23-16(17,18)19/h4-7,11-12,20H,2-3,8-10H2,1H3,(H,21,22). The Kier molecular flexibility index (Phi) is 5.87. The molecule has 1 aliphatic heterocycles. The first-order valence-electron chi connectivity index (χ1n) is 7.70. The van der Waals surface area contributed by atoms with Crippen LogP contribution < -0.4 is 15.4 Å². The largest absolute Gasteiger partial charge is 0.573 e. The Morgan fingerprint density at radius 1 is 1.39 bits per heavy atom. The summed E-state index contributed by atoms with van der Waals surface area (Å²) in [5, 5.41) is 6.03. The topological polar surface area (TPSA) is 50.4 Å². The van der Waals surface area contributed by atoms with Crippen LogP contribution in [0.25, 0.3) is 0 Å². The zero-order valence-electron chi connectivity index (χ0n) is 13.0. The van der Waals surface area contributed by atoms with Crippen molar-refractivity contribution in [2.45, 2.75) is 32.5 Å². The zero-order valence-corrected chi connectivity index (χ0v) is 13.0. The molecule has 1 heterocycles. The van der Waals surface area contributed by atoms with Gasteiger partial charge in [0.1, 0.15) is 5.75 Å². The van der Waals surface area contributed by atoms with E-state index in [0.29, 0.717) is 18.0 Å². The molecule has 0 saturated carbocycles. The van der Waals surface area contributed by atoms with Crippen LogP contribution in [0.1, 0.15) is 26.2 Å². The maximum Gasteiger partial charge on any atom is 0.573 e. The van der Waals surface area contributed by atoms with Crippen molar-refractivity contribution in [1.29, 1.82) is 0 Å². The van der Waals surface area contributed by atoms with Crippen molar-refractivity contribution in [3.63, 3.8) is 0 Å². The van der Waals surface area contributed by atoms with Gasteiger partial charge in [-0.3, -0.25) is 4.79 Å². The van der Waals surface area contributed by atoms with E-state index in [1.165, 1.54) is 24.3 Å². The second kappa shape index (κ2) is 7.68. The Hall–Kier alpha value is -1.76. The van der Waals surface area contributed by atoms with Crippen LogP contribution in [-0.2, 0) is 4.79 Å². The summed E-state index contributed by atoms with van der Waals surface area (Å²) < 4.78 is 40.0. The van der Waals surface area contributed by atoms with Gasteiger partial charge in [-0.1, -0.05) is 6.92 Å². The monoisotopic (exact) mass is 330 g/mol. The quantitative estimate of drug-likeness (QED) is 0.868. The number of hydrogen-bond donors (Lipinski definition) is 2. The highest BCUT2D eigenvalue weighted by Gasteiger charge is 2.31. The molecule has 0 spiro atoms. The molecule has 1 aromatic rings. The average molecular weight is 330 g/mol. The van der Waals surface area contributed by atoms with Crippen LogP contribution in [0, 0.1) is 11.8 Å². The van der Waals surface area contributed by atoms with E-state index >= 15 is 0 Å². The van der Waals surface area contributed by atoms with Crippen LogP contribution in [0.2, 0.25) is 0 Å². The Bertz CT molecular complexity index is 511. The summed E-state index contributed by atoms with van der Waals surface area (Å²) >= 11 is 0. The lowest BCUT2D eigenvalue weighted by Gasteiger charge is -2.28. The lowest BCUT2D eigenvalue weighted by Crippen LogP contribution is -2.34. The third-order valence-corrected chi connectivity index (χ3v) is 4.02. The summed E-state index contributed by atoms with van der Waals surface area (Å²) in [6.07, 6.45) is -2.08. The van der Waals surface area contributed by atoms with E-state index in [1.54, 1.807) is 0 Å². The number of rotatable bonds is 5. The van der Waals surface area contributed by atoms with Gasteiger partial charge in [-0.05, 0) is 62.0 Å². The van der Waals surface area contributed by atoms with Gasteiger partial charge in [-0.15, -0.1) is 13.2 Å². The lowest BCUT2D eigenvalue weighted by atomic mass is 9.85. The fraction of sp³-hybridized carbons (Fsp3) is 0.562. The molecule has 0 aliphatic carbocycles. The number of nitrogens with one attached hydrogen (secondary N) is 2. The molecule has 2 unspecified atom stereocenters. The third-order valence-electron chi connectivity index (χ3n) is 4.02. The van der Waals surface area contributed by atoms with Crippen molar-refractivity contribution < 1.29 is 22.7 Å². The van der Waals surface area contributed by atoms with Gasteiger partial charge in [0.2, 0.25) is 5.91 Å². The molecule has 1 saturated heterocycles. The fourth-order valence-corrected chi connectivity index (χ4v) is 2.78. The van der Waals surface area contributed by atoms with Crippen LogP contribution in [0.4, 0.5) is 18.9 Å². The van der Waals surface area contributed by atoms with Crippen molar-refractivity contribution in [3.8, 4) is 5.75 Å². The molecule has 2 N–H and O–H groups in total. The number of halogens is 3. The zero-order chi connectivity index (χ0) is 16.9. The van der Waals surface area contributed by atoms with Crippen LogP contribution in [0.3, 0.4) is 0 Å². The van der Waals surface area contributed by atoms with E-state index in [9.17, 15) is 18.0 Å². The predicted octanol–water partition coefficient (Wildman–Crippen LogP) is 3.55. The summed E-state index contributed by atoms with van der Waals surface area (Å²) in [6.45, 7) is 4.01. The predicted molar refractivity (Wildman–Crippen MR) is 81.1 cm³/mol. The van der Waals surface area contributed by atoms with Gasteiger partial charge in [0.05, 0.1) is 0 Å². The van der Waals surface area contributed by atoms with Gasteiger partial charge >= 0.3 is 6.36 Å². The normalized spacial score (nSPS) is 19.9. The van der Waals surface area contributed by atoms with Crippen molar-refractivity contribution in [3.05, 3.63) is 24.3 Å². The van der Waals surface area contributed by atoms with E-state index in [-0.39, 0.29) is 17.6 Å². The number of carbonyl (C=O) groups is 1. The Labute approximate surface area is 133 Å². The van der Waals surface area contributed by atoms with Crippen LogP contribution >= 0.6 is 0 Å². The molecule has 2 rings (SSSR count). The highest BCUT2D eigenvalue weighted by Crippen LogP contribution is 2.25. The molecule has 4 nitrogen and oxygen atoms in total. The number of alkyl halides is 3. The number of benzene rings is 1. The minimum Gasteiger partial charge on any atom is -0.406 e. The first-order chi connectivity index (χ1) is 10.8. The van der Waals surface area contributed by atoms with E-state index in [4.69, 9.17) is 0 Å². The first kappa shape index (κ1) is 17.6. The SMILES string of the molecule is CC(CC(=O)Nc1ccc(OC(F)(F)F)cc1)C1CCCNC1. The van der Waals surface area contributed by atoms with Crippen LogP contribution in [-0.4, -0.2) is 25.4 Å². The Balaban J connectivity index is 1.82. The molecule has 1 aliphatic rings. The highest BCUT2D eigenvalue weighted by molar-refractivity contribution is 5.90. The minimum absolute atomic E-state index is 0.132. The van der Waals surface area contributed by atoms with Crippen molar-refractivity contribution in [2.75, 3.05) is 18.4 Å². The summed E-state index contributed by atoms with van der Waals surface area (Å²) in [7, 11) is 0. The molecule has 0 aromatic heterocycles. The van der Waals surface area contributed by atoms with E-state index in [0.717, 1.165) is 25.9 Å². The van der Waals surface area contributed by atoms with Crippen molar-refractivity contribution >= 4 is 11.6 Å². The number of carbonyl (C=O) groups excluding carboxylic acids is 1. The van der Waals surface area contributed by atoms with Crippen LogP contribution in [0.5, 0.6) is 5.75 Å². The summed E-state index contributed by atoms with van der Waals surface area (Å²) in [6, 6.07) is 5.15. The number of piperidine rings is 1. The molecule has 128 valence electrons. The molecule has 1 fully saturated rings. The number of ether oxygens (including phenoxy) is 1. The van der Waals surface area contributed by atoms with Gasteiger partial charge in [-0.25, -0.2) is 0 Å². The van der Waals surface area contributed by atoms with Gasteiger partial charge in [-0.2, -0.15) is 0 Å². The molecular weight excluding hydrogens is 309 g/mol. The molecular formula is C16H21F3N2O2. The first-order valence-corrected chi connectivity index (χ1v) is 7.70. The fourth-order valence-electron chi connectivity index (χ4n) is 2.78. The van der Waals surface area contributed by atoms with Crippen molar-refractivity contribution in [2.24, 2.45) is 11.8 Å². The summed E-state index contributed by atoms with van der Waals surface area (Å²) in [5.41, 5.74) is 0.457. The average Bonchev–Trinajstić information content (AvgIpc) is 2.48. The second-order valence-corrected chi connectivity index (χ2v) is 5.91. The van der Waals surface area contributed by atoms with Gasteiger partial charge in [0.15, 0.2) is 0 Å². The Morgan fingerprint density at radius 2 is 2.09 bits per heavy atom. The van der Waals surface area contributed by atoms with Gasteiger partial charge < -0.3 is 15.4 Å². The molecule has 7 heteroatoms. The molecule has 2 atom stereocenters. The molecule has 23 heavy (non-hydrogen) atoms.